The van der Waals surface area contributed by atoms with Gasteiger partial charge in [0.2, 0.25) is 0 Å². The number of thioether (sulfide) groups is 1. The number of aldehydes is 1. The van der Waals surface area contributed by atoms with E-state index in [0.29, 0.717) is 0 Å². The highest BCUT2D eigenvalue weighted by Crippen LogP contribution is 2.18. The second-order valence-corrected chi connectivity index (χ2v) is 2.39. The van der Waals surface area contributed by atoms with E-state index >= 15 is 0 Å². The van der Waals surface area contributed by atoms with Gasteiger partial charge in [-0.15, -0.1) is 11.8 Å². The summed E-state index contributed by atoms with van der Waals surface area (Å²) in [7, 11) is 0. The van der Waals surface area contributed by atoms with Gasteiger partial charge in [-0.05, 0) is 17.1 Å². The van der Waals surface area contributed by atoms with Crippen LogP contribution in [0, 0.1) is 0 Å². The SMILES string of the molecule is O=CC=C1C=CSC1. The largest absolute Gasteiger partial charge is 0.299 e. The number of allylic oxidation sites excluding steroid dienone is 2. The fourth-order valence-corrected chi connectivity index (χ4v) is 1.27. The summed E-state index contributed by atoms with van der Waals surface area (Å²) in [6.45, 7) is 0. The molecule has 0 aromatic carbocycles. The predicted octanol–water partition coefficient (Wildman–Crippen LogP) is 1.37. The number of hydrogen-bond acceptors (Lipinski definition) is 2. The summed E-state index contributed by atoms with van der Waals surface area (Å²) in [6, 6.07) is 0. The Balaban J connectivity index is 2.58. The smallest absolute Gasteiger partial charge is 0.143 e. The van der Waals surface area contributed by atoms with Crippen LogP contribution in [0.25, 0.3) is 0 Å². The van der Waals surface area contributed by atoms with E-state index < -0.39 is 0 Å². The lowest BCUT2D eigenvalue weighted by molar-refractivity contribution is -0.104. The average molecular weight is 126 g/mol. The summed E-state index contributed by atoms with van der Waals surface area (Å²) >= 11 is 1.71. The molecule has 0 amide bonds. The van der Waals surface area contributed by atoms with Crippen LogP contribution in [0.5, 0.6) is 0 Å². The second kappa shape index (κ2) is 2.72. The van der Waals surface area contributed by atoms with Crippen LogP contribution < -0.4 is 0 Å². The minimum absolute atomic E-state index is 0.825. The van der Waals surface area contributed by atoms with Crippen molar-refractivity contribution in [3.05, 3.63) is 23.1 Å². The van der Waals surface area contributed by atoms with Crippen molar-refractivity contribution in [2.75, 3.05) is 5.75 Å². The Hall–Kier alpha value is -0.500. The maximum absolute atomic E-state index is 9.84. The lowest BCUT2D eigenvalue weighted by Gasteiger charge is -1.82. The fourth-order valence-electron chi connectivity index (χ4n) is 0.519. The Labute approximate surface area is 52.5 Å². The highest BCUT2D eigenvalue weighted by Gasteiger charge is 1.96. The second-order valence-electron chi connectivity index (χ2n) is 1.49. The van der Waals surface area contributed by atoms with E-state index in [4.69, 9.17) is 0 Å². The molecule has 0 atom stereocenters. The zero-order valence-electron chi connectivity index (χ0n) is 4.33. The Bertz CT molecular complexity index is 147. The monoisotopic (exact) mass is 126 g/mol. The first-order valence-electron chi connectivity index (χ1n) is 2.36. The molecule has 1 rings (SSSR count). The van der Waals surface area contributed by atoms with Crippen LogP contribution in [-0.2, 0) is 4.79 Å². The molecule has 0 saturated heterocycles. The quantitative estimate of drug-likeness (QED) is 0.390. The molecule has 0 aliphatic carbocycles. The number of rotatable bonds is 1. The Morgan fingerprint density at radius 2 is 2.62 bits per heavy atom. The Morgan fingerprint density at radius 3 is 3.12 bits per heavy atom. The van der Waals surface area contributed by atoms with E-state index in [2.05, 4.69) is 0 Å². The third-order valence-corrected chi connectivity index (χ3v) is 1.74. The minimum atomic E-state index is 0.825. The van der Waals surface area contributed by atoms with Crippen molar-refractivity contribution in [2.24, 2.45) is 0 Å². The average Bonchev–Trinajstić information content (AvgIpc) is 2.19. The summed E-state index contributed by atoms with van der Waals surface area (Å²) in [4.78, 5) is 9.84. The van der Waals surface area contributed by atoms with Gasteiger partial charge in [0.15, 0.2) is 0 Å². The summed E-state index contributed by atoms with van der Waals surface area (Å²) in [5.41, 5.74) is 1.12. The van der Waals surface area contributed by atoms with Gasteiger partial charge in [-0.3, -0.25) is 4.79 Å². The molecule has 0 unspecified atom stereocenters. The van der Waals surface area contributed by atoms with Crippen LogP contribution in [0.2, 0.25) is 0 Å². The molecule has 0 aromatic rings. The van der Waals surface area contributed by atoms with Gasteiger partial charge in [-0.25, -0.2) is 0 Å². The van der Waals surface area contributed by atoms with E-state index in [9.17, 15) is 4.79 Å². The van der Waals surface area contributed by atoms with Crippen LogP contribution in [0.3, 0.4) is 0 Å². The first kappa shape index (κ1) is 5.63. The number of carbonyl (C=O) groups excluding carboxylic acids is 1. The van der Waals surface area contributed by atoms with Gasteiger partial charge in [-0.2, -0.15) is 0 Å². The molecule has 0 N–H and O–H groups in total. The molecule has 42 valence electrons. The minimum Gasteiger partial charge on any atom is -0.299 e. The molecule has 1 aliphatic rings. The standard InChI is InChI=1S/C6H6OS/c7-3-1-6-2-4-8-5-6/h1-4H,5H2. The van der Waals surface area contributed by atoms with Crippen LogP contribution in [0.15, 0.2) is 23.1 Å². The lowest BCUT2D eigenvalue weighted by atomic mass is 10.3. The zero-order valence-corrected chi connectivity index (χ0v) is 5.15. The third kappa shape index (κ3) is 1.23. The van der Waals surface area contributed by atoms with Crippen LogP contribution in [0.1, 0.15) is 0 Å². The first-order valence-corrected chi connectivity index (χ1v) is 3.41. The van der Waals surface area contributed by atoms with Crippen LogP contribution in [0.4, 0.5) is 0 Å². The van der Waals surface area contributed by atoms with E-state index in [1.54, 1.807) is 17.8 Å². The van der Waals surface area contributed by atoms with Gasteiger partial charge < -0.3 is 0 Å². The van der Waals surface area contributed by atoms with Gasteiger partial charge in [0.05, 0.1) is 0 Å². The van der Waals surface area contributed by atoms with Crippen LogP contribution >= 0.6 is 11.8 Å². The molecule has 0 bridgehead atoms. The van der Waals surface area contributed by atoms with Gasteiger partial charge in [-0.1, -0.05) is 6.08 Å². The molecule has 2 heteroatoms. The normalized spacial score (nSPS) is 22.2. The number of carbonyl (C=O) groups is 1. The van der Waals surface area contributed by atoms with Gasteiger partial charge in [0.25, 0.3) is 0 Å². The van der Waals surface area contributed by atoms with Crippen LogP contribution in [-0.4, -0.2) is 12.0 Å². The molecular formula is C6H6OS. The molecule has 8 heavy (non-hydrogen) atoms. The summed E-state index contributed by atoms with van der Waals surface area (Å²) in [5, 5.41) is 2.00. The predicted molar refractivity (Wildman–Crippen MR) is 35.7 cm³/mol. The summed E-state index contributed by atoms with van der Waals surface area (Å²) in [5.74, 6) is 0.957. The van der Waals surface area contributed by atoms with Crippen molar-refractivity contribution in [3.63, 3.8) is 0 Å². The van der Waals surface area contributed by atoms with Gasteiger partial charge >= 0.3 is 0 Å². The van der Waals surface area contributed by atoms with E-state index in [1.807, 2.05) is 11.5 Å². The molecule has 0 aromatic heterocycles. The molecule has 0 radical (unpaired) electrons. The molecule has 0 spiro atoms. The van der Waals surface area contributed by atoms with Crippen molar-refractivity contribution >= 4 is 18.0 Å². The van der Waals surface area contributed by atoms with E-state index in [0.717, 1.165) is 17.6 Å². The Kier molecular flexibility index (Phi) is 1.92. The van der Waals surface area contributed by atoms with Crippen molar-refractivity contribution in [3.8, 4) is 0 Å². The van der Waals surface area contributed by atoms with Gasteiger partial charge in [0.1, 0.15) is 6.29 Å². The van der Waals surface area contributed by atoms with Gasteiger partial charge in [0, 0.05) is 5.75 Å². The van der Waals surface area contributed by atoms with Crippen molar-refractivity contribution in [1.29, 1.82) is 0 Å². The highest BCUT2D eigenvalue weighted by molar-refractivity contribution is 8.02. The highest BCUT2D eigenvalue weighted by atomic mass is 32.2. The summed E-state index contributed by atoms with van der Waals surface area (Å²) < 4.78 is 0. The first-order chi connectivity index (χ1) is 3.93. The molecule has 1 heterocycles. The van der Waals surface area contributed by atoms with Crippen molar-refractivity contribution < 1.29 is 4.79 Å². The lowest BCUT2D eigenvalue weighted by Crippen LogP contribution is -1.74. The molecular weight excluding hydrogens is 120 g/mol. The maximum atomic E-state index is 9.84. The topological polar surface area (TPSA) is 17.1 Å². The van der Waals surface area contributed by atoms with Crippen molar-refractivity contribution in [1.82, 2.24) is 0 Å². The summed E-state index contributed by atoms with van der Waals surface area (Å²) in [6.07, 6.45) is 4.38. The number of hydrogen-bond donors (Lipinski definition) is 0. The Morgan fingerprint density at radius 1 is 1.75 bits per heavy atom. The van der Waals surface area contributed by atoms with E-state index in [-0.39, 0.29) is 0 Å². The molecule has 1 aliphatic heterocycles. The van der Waals surface area contributed by atoms with Crippen molar-refractivity contribution in [2.45, 2.75) is 0 Å². The fraction of sp³-hybridized carbons (Fsp3) is 0.167. The van der Waals surface area contributed by atoms with E-state index in [1.165, 1.54) is 0 Å². The maximum Gasteiger partial charge on any atom is 0.143 e. The molecule has 1 nitrogen and oxygen atoms in total. The molecule has 0 fully saturated rings. The zero-order chi connectivity index (χ0) is 5.82. The third-order valence-electron chi connectivity index (χ3n) is 0.910. The molecule has 0 saturated carbocycles.